The Morgan fingerprint density at radius 2 is 1.68 bits per heavy atom. The van der Waals surface area contributed by atoms with E-state index in [0.29, 0.717) is 5.92 Å². The standard InChI is InChI=1S/C19H31BrOSi/c1-18(2,3)15-12-14-13(10-9-11-16(14)20)17(15)21-22(7,8)19(4,5)6/h9-11,15,17H,12H2,1-8H3. The highest BCUT2D eigenvalue weighted by Gasteiger charge is 2.46. The van der Waals surface area contributed by atoms with E-state index in [9.17, 15) is 0 Å². The van der Waals surface area contributed by atoms with E-state index in [4.69, 9.17) is 4.43 Å². The van der Waals surface area contributed by atoms with Gasteiger partial charge in [-0.3, -0.25) is 0 Å². The minimum absolute atomic E-state index is 0.230. The first kappa shape index (κ1) is 18.2. The monoisotopic (exact) mass is 382 g/mol. The summed E-state index contributed by atoms with van der Waals surface area (Å²) in [7, 11) is -1.79. The average Bonchev–Trinajstić information content (AvgIpc) is 2.67. The lowest BCUT2D eigenvalue weighted by atomic mass is 9.78. The average molecular weight is 383 g/mol. The number of rotatable bonds is 2. The Balaban J connectivity index is 2.44. The highest BCUT2D eigenvalue weighted by molar-refractivity contribution is 9.10. The maximum Gasteiger partial charge on any atom is 0.192 e. The van der Waals surface area contributed by atoms with Crippen molar-refractivity contribution in [2.75, 3.05) is 0 Å². The van der Waals surface area contributed by atoms with E-state index in [0.717, 1.165) is 6.42 Å². The Hall–Kier alpha value is -0.123. The third-order valence-electron chi connectivity index (χ3n) is 5.59. The maximum absolute atomic E-state index is 6.90. The van der Waals surface area contributed by atoms with Gasteiger partial charge in [-0.2, -0.15) is 0 Å². The quantitative estimate of drug-likeness (QED) is 0.515. The summed E-state index contributed by atoms with van der Waals surface area (Å²) >= 11 is 3.74. The van der Waals surface area contributed by atoms with Gasteiger partial charge in [0.1, 0.15) is 0 Å². The fraction of sp³-hybridized carbons (Fsp3) is 0.684. The molecule has 1 nitrogen and oxygen atoms in total. The molecule has 0 saturated heterocycles. The Labute approximate surface area is 146 Å². The summed E-state index contributed by atoms with van der Waals surface area (Å²) in [5, 5.41) is 0.240. The van der Waals surface area contributed by atoms with E-state index in [1.165, 1.54) is 15.6 Å². The van der Waals surface area contributed by atoms with Gasteiger partial charge in [0.05, 0.1) is 6.10 Å². The smallest absolute Gasteiger partial charge is 0.192 e. The minimum Gasteiger partial charge on any atom is -0.410 e. The van der Waals surface area contributed by atoms with E-state index < -0.39 is 8.32 Å². The van der Waals surface area contributed by atoms with Crippen molar-refractivity contribution >= 4 is 24.2 Å². The molecule has 0 radical (unpaired) electrons. The molecule has 0 aliphatic heterocycles. The van der Waals surface area contributed by atoms with Crippen LogP contribution >= 0.6 is 15.9 Å². The van der Waals surface area contributed by atoms with Gasteiger partial charge in [0, 0.05) is 4.47 Å². The predicted octanol–water partition coefficient (Wildman–Crippen LogP) is 6.73. The zero-order valence-electron chi connectivity index (χ0n) is 15.4. The van der Waals surface area contributed by atoms with E-state index in [1.807, 2.05) is 0 Å². The van der Waals surface area contributed by atoms with Gasteiger partial charge < -0.3 is 4.43 Å². The summed E-state index contributed by atoms with van der Waals surface area (Å²) in [6.07, 6.45) is 1.34. The first-order chi connectivity index (χ1) is 9.84. The molecule has 124 valence electrons. The largest absolute Gasteiger partial charge is 0.410 e. The molecule has 1 aromatic carbocycles. The van der Waals surface area contributed by atoms with E-state index in [1.54, 1.807) is 0 Å². The van der Waals surface area contributed by atoms with Crippen LogP contribution in [-0.2, 0) is 10.8 Å². The molecule has 3 heteroatoms. The summed E-state index contributed by atoms with van der Waals surface area (Å²) < 4.78 is 8.14. The van der Waals surface area contributed by atoms with E-state index in [2.05, 4.69) is 88.8 Å². The molecule has 1 aliphatic carbocycles. The Kier molecular flexibility index (Phi) is 4.76. The fourth-order valence-corrected chi connectivity index (χ4v) is 4.82. The second-order valence-corrected chi connectivity index (χ2v) is 14.9. The summed E-state index contributed by atoms with van der Waals surface area (Å²) in [4.78, 5) is 0. The zero-order valence-corrected chi connectivity index (χ0v) is 18.0. The van der Waals surface area contributed by atoms with Gasteiger partial charge in [0.2, 0.25) is 0 Å². The molecule has 0 fully saturated rings. The summed E-state index contributed by atoms with van der Waals surface area (Å²) in [6.45, 7) is 18.7. The molecule has 0 spiro atoms. The molecule has 1 aliphatic rings. The molecule has 2 atom stereocenters. The van der Waals surface area contributed by atoms with Crippen molar-refractivity contribution in [3.63, 3.8) is 0 Å². The number of benzene rings is 1. The lowest BCUT2D eigenvalue weighted by molar-refractivity contribution is 0.0650. The summed E-state index contributed by atoms with van der Waals surface area (Å²) in [6, 6.07) is 6.58. The maximum atomic E-state index is 6.90. The third kappa shape index (κ3) is 3.37. The van der Waals surface area contributed by atoms with Gasteiger partial charge in [-0.05, 0) is 53.1 Å². The van der Waals surface area contributed by atoms with Crippen LogP contribution < -0.4 is 0 Å². The van der Waals surface area contributed by atoms with E-state index >= 15 is 0 Å². The van der Waals surface area contributed by atoms with Crippen LogP contribution in [0.25, 0.3) is 0 Å². The van der Waals surface area contributed by atoms with Crippen LogP contribution in [0.1, 0.15) is 58.8 Å². The van der Waals surface area contributed by atoms with Crippen molar-refractivity contribution in [3.05, 3.63) is 33.8 Å². The Morgan fingerprint density at radius 3 is 2.18 bits per heavy atom. The summed E-state index contributed by atoms with van der Waals surface area (Å²) in [5.41, 5.74) is 3.09. The van der Waals surface area contributed by atoms with Crippen molar-refractivity contribution < 1.29 is 4.43 Å². The molecular weight excluding hydrogens is 352 g/mol. The lowest BCUT2D eigenvalue weighted by Gasteiger charge is -2.42. The molecule has 2 rings (SSSR count). The van der Waals surface area contributed by atoms with E-state index in [-0.39, 0.29) is 16.6 Å². The van der Waals surface area contributed by atoms with Crippen molar-refractivity contribution in [3.8, 4) is 0 Å². The first-order valence-corrected chi connectivity index (χ1v) is 12.0. The van der Waals surface area contributed by atoms with Crippen molar-refractivity contribution in [2.45, 2.75) is 72.2 Å². The van der Waals surface area contributed by atoms with Crippen LogP contribution in [0.3, 0.4) is 0 Å². The molecule has 0 bridgehead atoms. The number of halogens is 1. The van der Waals surface area contributed by atoms with Gasteiger partial charge in [-0.1, -0.05) is 69.6 Å². The van der Waals surface area contributed by atoms with Crippen molar-refractivity contribution in [2.24, 2.45) is 11.3 Å². The van der Waals surface area contributed by atoms with Gasteiger partial charge in [0.15, 0.2) is 8.32 Å². The highest BCUT2D eigenvalue weighted by Crippen LogP contribution is 2.52. The molecule has 0 aromatic heterocycles. The number of hydrogen-bond acceptors (Lipinski definition) is 1. The number of fused-ring (bicyclic) bond motifs is 1. The molecule has 0 N–H and O–H groups in total. The molecule has 2 unspecified atom stereocenters. The molecular formula is C19H31BrOSi. The fourth-order valence-electron chi connectivity index (χ4n) is 3.00. The van der Waals surface area contributed by atoms with Crippen LogP contribution in [0.2, 0.25) is 18.1 Å². The number of hydrogen-bond donors (Lipinski definition) is 0. The van der Waals surface area contributed by atoms with Crippen LogP contribution in [0.5, 0.6) is 0 Å². The molecule has 0 heterocycles. The van der Waals surface area contributed by atoms with Crippen LogP contribution in [0.4, 0.5) is 0 Å². The first-order valence-electron chi connectivity index (χ1n) is 8.30. The second kappa shape index (κ2) is 5.75. The van der Waals surface area contributed by atoms with Gasteiger partial charge in [-0.25, -0.2) is 0 Å². The topological polar surface area (TPSA) is 9.23 Å². The predicted molar refractivity (Wildman–Crippen MR) is 102 cm³/mol. The lowest BCUT2D eigenvalue weighted by Crippen LogP contribution is -2.43. The Morgan fingerprint density at radius 1 is 1.09 bits per heavy atom. The summed E-state index contributed by atoms with van der Waals surface area (Å²) in [5.74, 6) is 0.537. The molecule has 1 aromatic rings. The molecule has 22 heavy (non-hydrogen) atoms. The van der Waals surface area contributed by atoms with Crippen molar-refractivity contribution in [1.29, 1.82) is 0 Å². The molecule has 0 saturated carbocycles. The van der Waals surface area contributed by atoms with Crippen LogP contribution in [-0.4, -0.2) is 8.32 Å². The second-order valence-electron chi connectivity index (χ2n) is 9.28. The van der Waals surface area contributed by atoms with Gasteiger partial charge in [0.25, 0.3) is 0 Å². The molecule has 0 amide bonds. The Bertz CT molecular complexity index is 552. The van der Waals surface area contributed by atoms with Crippen LogP contribution in [0.15, 0.2) is 22.7 Å². The van der Waals surface area contributed by atoms with Gasteiger partial charge >= 0.3 is 0 Å². The van der Waals surface area contributed by atoms with Crippen molar-refractivity contribution in [1.82, 2.24) is 0 Å². The van der Waals surface area contributed by atoms with Gasteiger partial charge in [-0.15, -0.1) is 0 Å². The zero-order chi connectivity index (χ0) is 16.9. The highest BCUT2D eigenvalue weighted by atomic mass is 79.9. The minimum atomic E-state index is -1.79. The normalized spacial score (nSPS) is 22.8. The SMILES string of the molecule is CC(C)(C)C1Cc2c(Br)cccc2C1O[Si](C)(C)C(C)(C)C. The van der Waals surface area contributed by atoms with Crippen LogP contribution in [0, 0.1) is 11.3 Å². The third-order valence-corrected chi connectivity index (χ3v) is 10.8.